The second-order valence-corrected chi connectivity index (χ2v) is 6.52. The van der Waals surface area contributed by atoms with Crippen molar-refractivity contribution in [2.45, 2.75) is 13.8 Å². The molecule has 0 saturated carbocycles. The van der Waals surface area contributed by atoms with Crippen molar-refractivity contribution in [1.82, 2.24) is 4.98 Å². The van der Waals surface area contributed by atoms with Crippen LogP contribution in [0.4, 0.5) is 11.4 Å². The molecule has 0 radical (unpaired) electrons. The molecule has 0 unspecified atom stereocenters. The number of methoxy groups -OCH3 is 1. The maximum Gasteiger partial charge on any atom is 0.341 e. The van der Waals surface area contributed by atoms with Gasteiger partial charge in [0.2, 0.25) is 0 Å². The number of fused-ring (bicyclic) bond motifs is 1. The van der Waals surface area contributed by atoms with Gasteiger partial charge in [0.05, 0.1) is 30.5 Å². The van der Waals surface area contributed by atoms with Crippen molar-refractivity contribution in [1.29, 1.82) is 0 Å². The number of aromatic nitrogens is 1. The highest BCUT2D eigenvalue weighted by molar-refractivity contribution is 6.31. The molecule has 2 aromatic carbocycles. The Morgan fingerprint density at radius 1 is 1.18 bits per heavy atom. The first kappa shape index (κ1) is 19.6. The largest absolute Gasteiger partial charge is 0.465 e. The number of nitrogens with zero attached hydrogens (tertiary/aromatic N) is 1. The third kappa shape index (κ3) is 3.92. The molecule has 1 aromatic heterocycles. The number of aryl methyl sites for hydroxylation is 1. The average molecular weight is 399 g/mol. The number of esters is 2. The van der Waals surface area contributed by atoms with Crippen molar-refractivity contribution < 1.29 is 19.1 Å². The molecule has 3 rings (SSSR count). The van der Waals surface area contributed by atoms with E-state index in [1.807, 2.05) is 13.0 Å². The fourth-order valence-electron chi connectivity index (χ4n) is 2.92. The number of hydrogen-bond donors (Lipinski definition) is 1. The van der Waals surface area contributed by atoms with Crippen molar-refractivity contribution >= 4 is 45.8 Å². The third-order valence-electron chi connectivity index (χ3n) is 4.18. The van der Waals surface area contributed by atoms with E-state index in [4.69, 9.17) is 21.1 Å². The number of carbonyl (C=O) groups excluding carboxylic acids is 2. The van der Waals surface area contributed by atoms with Gasteiger partial charge in [-0.2, -0.15) is 0 Å². The van der Waals surface area contributed by atoms with Crippen molar-refractivity contribution in [3.8, 4) is 0 Å². The van der Waals surface area contributed by atoms with Crippen LogP contribution in [0.15, 0.2) is 42.6 Å². The zero-order valence-electron chi connectivity index (χ0n) is 15.7. The monoisotopic (exact) mass is 398 g/mol. The Labute approximate surface area is 167 Å². The molecule has 0 aliphatic heterocycles. The van der Waals surface area contributed by atoms with Crippen molar-refractivity contribution in [3.05, 3.63) is 64.3 Å². The molecule has 0 aliphatic carbocycles. The first-order valence-corrected chi connectivity index (χ1v) is 9.03. The topological polar surface area (TPSA) is 77.5 Å². The van der Waals surface area contributed by atoms with Crippen LogP contribution < -0.4 is 5.32 Å². The molecule has 0 saturated heterocycles. The van der Waals surface area contributed by atoms with Gasteiger partial charge in [0, 0.05) is 22.3 Å². The SMILES string of the molecule is CCOC(=O)c1cnc2c(C)cc(Cl)cc2c1Nc1cccc(C(=O)OC)c1. The van der Waals surface area contributed by atoms with Crippen LogP contribution in [0.3, 0.4) is 0 Å². The number of carbonyl (C=O) groups is 2. The molecule has 0 aliphatic rings. The van der Waals surface area contributed by atoms with Crippen molar-refractivity contribution in [2.24, 2.45) is 0 Å². The van der Waals surface area contributed by atoms with Crippen molar-refractivity contribution in [2.75, 3.05) is 19.0 Å². The second kappa shape index (κ2) is 8.27. The Morgan fingerprint density at radius 2 is 1.96 bits per heavy atom. The van der Waals surface area contributed by atoms with Gasteiger partial charge in [0.25, 0.3) is 0 Å². The van der Waals surface area contributed by atoms with Crippen LogP contribution in [0.1, 0.15) is 33.2 Å². The van der Waals surface area contributed by atoms with Gasteiger partial charge in [0.15, 0.2) is 0 Å². The van der Waals surface area contributed by atoms with Gasteiger partial charge in [-0.05, 0) is 49.7 Å². The number of ether oxygens (including phenoxy) is 2. The maximum absolute atomic E-state index is 12.5. The molecule has 0 atom stereocenters. The van der Waals surface area contributed by atoms with Crippen LogP contribution in [0.2, 0.25) is 5.02 Å². The molecule has 3 aromatic rings. The highest BCUT2D eigenvalue weighted by Crippen LogP contribution is 2.33. The zero-order chi connectivity index (χ0) is 20.3. The molecule has 6 nitrogen and oxygen atoms in total. The van der Waals surface area contributed by atoms with Crippen LogP contribution in [0.5, 0.6) is 0 Å². The Balaban J connectivity index is 2.18. The number of benzene rings is 2. The summed E-state index contributed by atoms with van der Waals surface area (Å²) in [5.41, 5.74) is 3.38. The minimum Gasteiger partial charge on any atom is -0.465 e. The van der Waals surface area contributed by atoms with Gasteiger partial charge in [-0.25, -0.2) is 9.59 Å². The van der Waals surface area contributed by atoms with E-state index < -0.39 is 11.9 Å². The van der Waals surface area contributed by atoms with Crippen LogP contribution >= 0.6 is 11.6 Å². The quantitative estimate of drug-likeness (QED) is 0.615. The van der Waals surface area contributed by atoms with E-state index in [-0.39, 0.29) is 12.2 Å². The molecule has 1 heterocycles. The van der Waals surface area contributed by atoms with Crippen LogP contribution in [0, 0.1) is 6.92 Å². The molecule has 0 amide bonds. The van der Waals surface area contributed by atoms with E-state index in [0.717, 1.165) is 5.56 Å². The van der Waals surface area contributed by atoms with Crippen LogP contribution in [-0.4, -0.2) is 30.6 Å². The van der Waals surface area contributed by atoms with E-state index >= 15 is 0 Å². The Hall–Kier alpha value is -3.12. The zero-order valence-corrected chi connectivity index (χ0v) is 16.5. The lowest BCUT2D eigenvalue weighted by Gasteiger charge is -2.16. The predicted molar refractivity (Wildman–Crippen MR) is 109 cm³/mol. The van der Waals surface area contributed by atoms with Gasteiger partial charge in [-0.15, -0.1) is 0 Å². The number of rotatable bonds is 5. The Bertz CT molecular complexity index is 1070. The smallest absolute Gasteiger partial charge is 0.341 e. The third-order valence-corrected chi connectivity index (χ3v) is 4.39. The predicted octanol–water partition coefficient (Wildman–Crippen LogP) is 4.90. The van der Waals surface area contributed by atoms with Crippen LogP contribution in [0.25, 0.3) is 10.9 Å². The maximum atomic E-state index is 12.5. The normalized spacial score (nSPS) is 10.6. The summed E-state index contributed by atoms with van der Waals surface area (Å²) in [6.07, 6.45) is 1.48. The lowest BCUT2D eigenvalue weighted by Crippen LogP contribution is -2.10. The minimum atomic E-state index is -0.499. The molecule has 0 fully saturated rings. The van der Waals surface area contributed by atoms with E-state index in [0.29, 0.717) is 32.9 Å². The minimum absolute atomic E-state index is 0.239. The van der Waals surface area contributed by atoms with E-state index in [1.54, 1.807) is 37.3 Å². The summed E-state index contributed by atoms with van der Waals surface area (Å²) < 4.78 is 9.94. The summed E-state index contributed by atoms with van der Waals surface area (Å²) in [5, 5.41) is 4.43. The van der Waals surface area contributed by atoms with Gasteiger partial charge in [-0.1, -0.05) is 17.7 Å². The standard InChI is InChI=1S/C21H19ClN2O4/c1-4-28-21(26)17-11-23-18-12(2)8-14(22)10-16(18)19(17)24-15-7-5-6-13(9-15)20(25)27-3/h5-11H,4H2,1-3H3,(H,23,24). The number of pyridine rings is 1. The molecule has 0 bridgehead atoms. The first-order valence-electron chi connectivity index (χ1n) is 8.66. The number of halogens is 1. The molecule has 7 heteroatoms. The highest BCUT2D eigenvalue weighted by Gasteiger charge is 2.19. The van der Waals surface area contributed by atoms with Crippen LogP contribution in [-0.2, 0) is 9.47 Å². The molecule has 0 spiro atoms. The molecule has 144 valence electrons. The first-order chi connectivity index (χ1) is 13.4. The van der Waals surface area contributed by atoms with Gasteiger partial charge in [0.1, 0.15) is 5.56 Å². The summed E-state index contributed by atoms with van der Waals surface area (Å²) in [6, 6.07) is 10.3. The fraction of sp³-hybridized carbons (Fsp3) is 0.190. The fourth-order valence-corrected chi connectivity index (χ4v) is 3.19. The summed E-state index contributed by atoms with van der Waals surface area (Å²) in [4.78, 5) is 28.7. The van der Waals surface area contributed by atoms with E-state index in [2.05, 4.69) is 10.3 Å². The van der Waals surface area contributed by atoms with Gasteiger partial charge >= 0.3 is 11.9 Å². The number of nitrogens with one attached hydrogen (secondary N) is 1. The Kier molecular flexibility index (Phi) is 5.80. The summed E-state index contributed by atoms with van der Waals surface area (Å²) in [6.45, 7) is 3.87. The molecular weight excluding hydrogens is 380 g/mol. The molecule has 28 heavy (non-hydrogen) atoms. The Morgan fingerprint density at radius 3 is 2.68 bits per heavy atom. The van der Waals surface area contributed by atoms with E-state index in [9.17, 15) is 9.59 Å². The second-order valence-electron chi connectivity index (χ2n) is 6.08. The molecular formula is C21H19ClN2O4. The van der Waals surface area contributed by atoms with Gasteiger partial charge < -0.3 is 14.8 Å². The molecule has 1 N–H and O–H groups in total. The van der Waals surface area contributed by atoms with Crippen molar-refractivity contribution in [3.63, 3.8) is 0 Å². The lowest BCUT2D eigenvalue weighted by atomic mass is 10.1. The summed E-state index contributed by atoms with van der Waals surface area (Å²) >= 11 is 6.24. The van der Waals surface area contributed by atoms with E-state index in [1.165, 1.54) is 13.3 Å². The van der Waals surface area contributed by atoms with Gasteiger partial charge in [-0.3, -0.25) is 4.98 Å². The number of hydrogen-bond acceptors (Lipinski definition) is 6. The summed E-state index contributed by atoms with van der Waals surface area (Å²) in [5.74, 6) is -0.950. The lowest BCUT2D eigenvalue weighted by molar-refractivity contribution is 0.0526. The number of anilines is 2. The average Bonchev–Trinajstić information content (AvgIpc) is 2.68. The highest BCUT2D eigenvalue weighted by atomic mass is 35.5. The summed E-state index contributed by atoms with van der Waals surface area (Å²) in [7, 11) is 1.32.